The van der Waals surface area contributed by atoms with Gasteiger partial charge >= 0.3 is 0 Å². The van der Waals surface area contributed by atoms with Gasteiger partial charge in [-0.1, -0.05) is 62.2 Å². The van der Waals surface area contributed by atoms with E-state index in [0.717, 1.165) is 74.4 Å². The molecule has 0 aliphatic carbocycles. The SMILES string of the molecule is CCCCC(c1ccc(OC2CCCCO2)cc1)N(C(=O)CCc1ccccc1)c1ccc(OCCN2CCCC2)cc1. The summed E-state index contributed by atoms with van der Waals surface area (Å²) in [6.45, 7) is 6.93. The van der Waals surface area contributed by atoms with Crippen LogP contribution in [0.15, 0.2) is 78.9 Å². The molecule has 2 fully saturated rings. The zero-order valence-corrected chi connectivity index (χ0v) is 25.8. The molecule has 3 aromatic rings. The van der Waals surface area contributed by atoms with Gasteiger partial charge in [0, 0.05) is 25.1 Å². The number of unbranched alkanes of at least 4 members (excludes halogenated alkanes) is 1. The fraction of sp³-hybridized carbons (Fsp3) is 0.486. The highest BCUT2D eigenvalue weighted by Gasteiger charge is 2.27. The van der Waals surface area contributed by atoms with Gasteiger partial charge in [-0.15, -0.1) is 0 Å². The number of hydrogen-bond donors (Lipinski definition) is 0. The summed E-state index contributed by atoms with van der Waals surface area (Å²) in [7, 11) is 0. The molecule has 2 saturated heterocycles. The molecule has 2 heterocycles. The first kappa shape index (κ1) is 31.1. The molecule has 0 bridgehead atoms. The van der Waals surface area contributed by atoms with Gasteiger partial charge < -0.3 is 19.1 Å². The Kier molecular flexibility index (Phi) is 11.9. The van der Waals surface area contributed by atoms with Crippen LogP contribution in [0.4, 0.5) is 5.69 Å². The molecule has 1 amide bonds. The number of likely N-dealkylation sites (tertiary alicyclic amines) is 1. The Bertz CT molecular complexity index is 1220. The fourth-order valence-electron chi connectivity index (χ4n) is 6.08. The van der Waals surface area contributed by atoms with Gasteiger partial charge in [0.15, 0.2) is 6.29 Å². The first-order valence-corrected chi connectivity index (χ1v) is 16.4. The zero-order valence-electron chi connectivity index (χ0n) is 25.8. The van der Waals surface area contributed by atoms with E-state index in [0.29, 0.717) is 19.4 Å². The van der Waals surface area contributed by atoms with Crippen molar-refractivity contribution in [3.63, 3.8) is 0 Å². The van der Waals surface area contributed by atoms with Crippen molar-refractivity contribution in [1.29, 1.82) is 0 Å². The maximum atomic E-state index is 14.1. The third kappa shape index (κ3) is 9.32. The molecule has 0 spiro atoms. The summed E-state index contributed by atoms with van der Waals surface area (Å²) in [6.07, 6.45) is 9.66. The molecule has 0 N–H and O–H groups in total. The molecule has 2 aliphatic rings. The van der Waals surface area contributed by atoms with Crippen LogP contribution in [-0.4, -0.2) is 49.9 Å². The number of hydrogen-bond acceptors (Lipinski definition) is 5. The molecule has 2 aliphatic heterocycles. The fourth-order valence-corrected chi connectivity index (χ4v) is 6.08. The van der Waals surface area contributed by atoms with E-state index in [1.54, 1.807) is 0 Å². The van der Waals surface area contributed by atoms with Crippen LogP contribution in [0, 0.1) is 0 Å². The Morgan fingerprint density at radius 2 is 1.67 bits per heavy atom. The van der Waals surface area contributed by atoms with Gasteiger partial charge in [-0.2, -0.15) is 0 Å². The Morgan fingerprint density at radius 1 is 0.930 bits per heavy atom. The number of benzene rings is 3. The molecule has 230 valence electrons. The quantitative estimate of drug-likeness (QED) is 0.181. The van der Waals surface area contributed by atoms with Gasteiger partial charge in [-0.05, 0) is 99.1 Å². The molecule has 43 heavy (non-hydrogen) atoms. The van der Waals surface area contributed by atoms with E-state index < -0.39 is 0 Å². The molecular formula is C37H48N2O4. The van der Waals surface area contributed by atoms with Gasteiger partial charge in [0.1, 0.15) is 18.1 Å². The van der Waals surface area contributed by atoms with E-state index in [4.69, 9.17) is 14.2 Å². The summed E-state index contributed by atoms with van der Waals surface area (Å²) in [4.78, 5) is 18.6. The molecular weight excluding hydrogens is 536 g/mol. The van der Waals surface area contributed by atoms with Crippen molar-refractivity contribution in [3.8, 4) is 11.5 Å². The van der Waals surface area contributed by atoms with Crippen molar-refractivity contribution in [3.05, 3.63) is 90.0 Å². The van der Waals surface area contributed by atoms with Crippen molar-refractivity contribution in [2.24, 2.45) is 0 Å². The summed E-state index contributed by atoms with van der Waals surface area (Å²) >= 11 is 0. The largest absolute Gasteiger partial charge is 0.492 e. The van der Waals surface area contributed by atoms with E-state index in [1.807, 2.05) is 59.5 Å². The second kappa shape index (κ2) is 16.5. The predicted octanol–water partition coefficient (Wildman–Crippen LogP) is 7.96. The van der Waals surface area contributed by atoms with E-state index in [-0.39, 0.29) is 18.2 Å². The van der Waals surface area contributed by atoms with Gasteiger partial charge in [0.2, 0.25) is 5.91 Å². The molecule has 2 atom stereocenters. The first-order chi connectivity index (χ1) is 21.2. The van der Waals surface area contributed by atoms with Gasteiger partial charge in [0.05, 0.1) is 12.6 Å². The minimum absolute atomic E-state index is 0.0786. The first-order valence-electron chi connectivity index (χ1n) is 16.4. The van der Waals surface area contributed by atoms with Crippen molar-refractivity contribution in [2.45, 2.75) is 83.5 Å². The predicted molar refractivity (Wildman–Crippen MR) is 173 cm³/mol. The van der Waals surface area contributed by atoms with E-state index >= 15 is 0 Å². The lowest BCUT2D eigenvalue weighted by Crippen LogP contribution is -2.35. The van der Waals surface area contributed by atoms with Crippen molar-refractivity contribution < 1.29 is 19.0 Å². The van der Waals surface area contributed by atoms with Crippen molar-refractivity contribution in [2.75, 3.05) is 37.7 Å². The average Bonchev–Trinajstić information content (AvgIpc) is 3.58. The monoisotopic (exact) mass is 584 g/mol. The number of aryl methyl sites for hydroxylation is 1. The summed E-state index contributed by atoms with van der Waals surface area (Å²) in [5, 5.41) is 0. The molecule has 6 nitrogen and oxygen atoms in total. The van der Waals surface area contributed by atoms with E-state index in [1.165, 1.54) is 31.5 Å². The minimum Gasteiger partial charge on any atom is -0.492 e. The van der Waals surface area contributed by atoms with Gasteiger partial charge in [0.25, 0.3) is 0 Å². The lowest BCUT2D eigenvalue weighted by Gasteiger charge is -2.33. The number of amides is 1. The normalized spacial score (nSPS) is 17.8. The summed E-state index contributed by atoms with van der Waals surface area (Å²) in [6, 6.07) is 26.6. The van der Waals surface area contributed by atoms with E-state index in [9.17, 15) is 4.79 Å². The van der Waals surface area contributed by atoms with Crippen LogP contribution >= 0.6 is 0 Å². The van der Waals surface area contributed by atoms with Crippen LogP contribution in [0.5, 0.6) is 11.5 Å². The number of anilines is 1. The topological polar surface area (TPSA) is 51.2 Å². The standard InChI is InChI=1S/C37H48N2O4/c1-2-3-13-35(31-16-20-34(21-17-31)43-37-14-7-10-28-42-37)39(36(40)24-15-30-11-5-4-6-12-30)32-18-22-33(23-19-32)41-29-27-38-25-8-9-26-38/h4-6,11-12,16-23,35,37H,2-3,7-10,13-15,24-29H2,1H3. The zero-order chi connectivity index (χ0) is 29.7. The number of carbonyl (C=O) groups is 1. The highest BCUT2D eigenvalue weighted by molar-refractivity contribution is 5.94. The highest BCUT2D eigenvalue weighted by atomic mass is 16.7. The van der Waals surface area contributed by atoms with Crippen molar-refractivity contribution in [1.82, 2.24) is 4.90 Å². The lowest BCUT2D eigenvalue weighted by molar-refractivity contribution is -0.119. The molecule has 6 heteroatoms. The highest BCUT2D eigenvalue weighted by Crippen LogP contribution is 2.34. The molecule has 2 unspecified atom stereocenters. The minimum atomic E-state index is -0.178. The van der Waals surface area contributed by atoms with Crippen LogP contribution in [0.3, 0.4) is 0 Å². The van der Waals surface area contributed by atoms with Crippen molar-refractivity contribution >= 4 is 11.6 Å². The lowest BCUT2D eigenvalue weighted by atomic mass is 9.97. The summed E-state index contributed by atoms with van der Waals surface area (Å²) < 4.78 is 18.0. The third-order valence-electron chi connectivity index (χ3n) is 8.54. The second-order valence-electron chi connectivity index (χ2n) is 11.8. The maximum Gasteiger partial charge on any atom is 0.227 e. The van der Waals surface area contributed by atoms with Gasteiger partial charge in [-0.25, -0.2) is 0 Å². The van der Waals surface area contributed by atoms with Gasteiger partial charge in [-0.3, -0.25) is 9.69 Å². The van der Waals surface area contributed by atoms with Crippen LogP contribution in [0.2, 0.25) is 0 Å². The summed E-state index contributed by atoms with van der Waals surface area (Å²) in [5.41, 5.74) is 3.19. The smallest absolute Gasteiger partial charge is 0.227 e. The third-order valence-corrected chi connectivity index (χ3v) is 8.54. The number of carbonyl (C=O) groups excluding carboxylic acids is 1. The molecule has 0 radical (unpaired) electrons. The maximum absolute atomic E-state index is 14.1. The number of rotatable bonds is 15. The molecule has 5 rings (SSSR count). The van der Waals surface area contributed by atoms with Crippen LogP contribution in [0.1, 0.15) is 81.9 Å². The molecule has 0 saturated carbocycles. The molecule has 3 aromatic carbocycles. The number of nitrogens with zero attached hydrogens (tertiary/aromatic N) is 2. The Balaban J connectivity index is 1.34. The second-order valence-corrected chi connectivity index (χ2v) is 11.8. The molecule has 0 aromatic heterocycles. The van der Waals surface area contributed by atoms with Crippen LogP contribution in [-0.2, 0) is 16.0 Å². The van der Waals surface area contributed by atoms with Crippen LogP contribution in [0.25, 0.3) is 0 Å². The Labute approximate surface area is 257 Å². The number of ether oxygens (including phenoxy) is 3. The Morgan fingerprint density at radius 3 is 2.37 bits per heavy atom. The van der Waals surface area contributed by atoms with E-state index in [2.05, 4.69) is 36.1 Å². The average molecular weight is 585 g/mol. The van der Waals surface area contributed by atoms with Crippen LogP contribution < -0.4 is 14.4 Å². The Hall–Kier alpha value is -3.35. The summed E-state index contributed by atoms with van der Waals surface area (Å²) in [5.74, 6) is 1.78.